The first-order valence-electron chi connectivity index (χ1n) is 6.01. The third-order valence-electron chi connectivity index (χ3n) is 3.80. The summed E-state index contributed by atoms with van der Waals surface area (Å²) in [6, 6.07) is 1.21. The van der Waals surface area contributed by atoms with Gasteiger partial charge in [0.25, 0.3) is 0 Å². The molecule has 0 spiro atoms. The summed E-state index contributed by atoms with van der Waals surface area (Å²) in [7, 11) is 0. The fourth-order valence-corrected chi connectivity index (χ4v) is 3.11. The van der Waals surface area contributed by atoms with E-state index in [1.807, 2.05) is 0 Å². The molecule has 0 aliphatic carbocycles. The van der Waals surface area contributed by atoms with Crippen molar-refractivity contribution in [2.45, 2.75) is 43.5 Å². The number of fused-ring (bicyclic) bond motifs is 2. The van der Waals surface area contributed by atoms with Crippen LogP contribution in [0.5, 0.6) is 0 Å². The van der Waals surface area contributed by atoms with E-state index in [-0.39, 0.29) is 25.0 Å². The third-order valence-corrected chi connectivity index (χ3v) is 3.80. The number of benzene rings is 1. The standard InChI is InChI=1S/C13H13F3O2/c14-7-3-10(15)12(11(16)4-7)13(17)5-8-1-2-9(6-13)18-8/h3-4,8-9,17H,1-2,5-6H2. The highest BCUT2D eigenvalue weighted by Gasteiger charge is 2.47. The largest absolute Gasteiger partial charge is 0.385 e. The summed E-state index contributed by atoms with van der Waals surface area (Å²) in [5.41, 5.74) is -2.02. The Kier molecular flexibility index (Phi) is 2.64. The average molecular weight is 258 g/mol. The highest BCUT2D eigenvalue weighted by atomic mass is 19.1. The van der Waals surface area contributed by atoms with Crippen LogP contribution in [0.4, 0.5) is 13.2 Å². The van der Waals surface area contributed by atoms with Crippen LogP contribution in [0.2, 0.25) is 0 Å². The molecule has 2 saturated heterocycles. The number of hydrogen-bond donors (Lipinski definition) is 1. The van der Waals surface area contributed by atoms with Gasteiger partial charge in [-0.05, 0) is 12.8 Å². The zero-order valence-corrected chi connectivity index (χ0v) is 9.63. The lowest BCUT2D eigenvalue weighted by Crippen LogP contribution is -2.40. The second-order valence-corrected chi connectivity index (χ2v) is 5.14. The fraction of sp³-hybridized carbons (Fsp3) is 0.538. The fourth-order valence-electron chi connectivity index (χ4n) is 3.11. The first-order chi connectivity index (χ1) is 8.48. The van der Waals surface area contributed by atoms with Gasteiger partial charge in [0.2, 0.25) is 0 Å². The lowest BCUT2D eigenvalue weighted by molar-refractivity contribution is -0.118. The topological polar surface area (TPSA) is 29.5 Å². The van der Waals surface area contributed by atoms with Gasteiger partial charge in [-0.25, -0.2) is 13.2 Å². The molecule has 18 heavy (non-hydrogen) atoms. The van der Waals surface area contributed by atoms with Gasteiger partial charge in [0.05, 0.1) is 17.8 Å². The summed E-state index contributed by atoms with van der Waals surface area (Å²) in [6.07, 6.45) is 1.55. The zero-order chi connectivity index (χ0) is 12.9. The number of rotatable bonds is 1. The maximum Gasteiger partial charge on any atom is 0.135 e. The van der Waals surface area contributed by atoms with Crippen molar-refractivity contribution in [2.75, 3.05) is 0 Å². The van der Waals surface area contributed by atoms with Crippen LogP contribution in [0.15, 0.2) is 12.1 Å². The number of aliphatic hydroxyl groups is 1. The normalized spacial score (nSPS) is 34.9. The van der Waals surface area contributed by atoms with Crippen molar-refractivity contribution >= 4 is 0 Å². The van der Waals surface area contributed by atoms with Crippen molar-refractivity contribution in [3.05, 3.63) is 35.1 Å². The van der Waals surface area contributed by atoms with Gasteiger partial charge in [0.1, 0.15) is 23.1 Å². The summed E-state index contributed by atoms with van der Waals surface area (Å²) in [5, 5.41) is 10.5. The van der Waals surface area contributed by atoms with Crippen LogP contribution < -0.4 is 0 Å². The molecule has 2 atom stereocenters. The van der Waals surface area contributed by atoms with E-state index in [4.69, 9.17) is 4.74 Å². The molecule has 0 aromatic heterocycles. The van der Waals surface area contributed by atoms with Crippen LogP contribution in [-0.2, 0) is 10.3 Å². The van der Waals surface area contributed by atoms with Crippen LogP contribution in [-0.4, -0.2) is 17.3 Å². The van der Waals surface area contributed by atoms with Crippen molar-refractivity contribution in [3.8, 4) is 0 Å². The van der Waals surface area contributed by atoms with Gasteiger partial charge in [0.15, 0.2) is 0 Å². The van der Waals surface area contributed by atoms with Crippen LogP contribution in [0.1, 0.15) is 31.2 Å². The van der Waals surface area contributed by atoms with E-state index in [2.05, 4.69) is 0 Å². The van der Waals surface area contributed by atoms with E-state index in [0.717, 1.165) is 12.8 Å². The Balaban J connectivity index is 2.04. The van der Waals surface area contributed by atoms with Crippen molar-refractivity contribution in [2.24, 2.45) is 0 Å². The lowest BCUT2D eigenvalue weighted by atomic mass is 9.83. The molecule has 2 aliphatic heterocycles. The minimum atomic E-state index is -1.59. The van der Waals surface area contributed by atoms with Gasteiger partial charge >= 0.3 is 0 Å². The van der Waals surface area contributed by atoms with Crippen LogP contribution in [0.25, 0.3) is 0 Å². The minimum Gasteiger partial charge on any atom is -0.385 e. The maximum atomic E-state index is 13.7. The van der Waals surface area contributed by atoms with Crippen molar-refractivity contribution in [3.63, 3.8) is 0 Å². The van der Waals surface area contributed by atoms with Gasteiger partial charge < -0.3 is 9.84 Å². The third kappa shape index (κ3) is 1.82. The zero-order valence-electron chi connectivity index (χ0n) is 9.63. The summed E-state index contributed by atoms with van der Waals surface area (Å²) in [6.45, 7) is 0. The Morgan fingerprint density at radius 1 is 1.06 bits per heavy atom. The monoisotopic (exact) mass is 258 g/mol. The maximum absolute atomic E-state index is 13.7. The molecule has 1 N–H and O–H groups in total. The quantitative estimate of drug-likeness (QED) is 0.839. The molecule has 2 heterocycles. The van der Waals surface area contributed by atoms with Crippen molar-refractivity contribution < 1.29 is 23.0 Å². The number of hydrogen-bond acceptors (Lipinski definition) is 2. The molecule has 3 rings (SSSR count). The van der Waals surface area contributed by atoms with E-state index in [0.29, 0.717) is 12.1 Å². The van der Waals surface area contributed by atoms with Gasteiger partial charge in [0, 0.05) is 25.0 Å². The van der Waals surface area contributed by atoms with Crippen LogP contribution in [0, 0.1) is 17.5 Å². The van der Waals surface area contributed by atoms with E-state index >= 15 is 0 Å². The second-order valence-electron chi connectivity index (χ2n) is 5.14. The highest BCUT2D eigenvalue weighted by molar-refractivity contribution is 5.28. The Bertz CT molecular complexity index is 454. The van der Waals surface area contributed by atoms with Gasteiger partial charge in [-0.2, -0.15) is 0 Å². The molecule has 0 radical (unpaired) electrons. The molecule has 2 aliphatic rings. The molecule has 2 unspecified atom stereocenters. The molecule has 1 aromatic rings. The van der Waals surface area contributed by atoms with Crippen LogP contribution >= 0.6 is 0 Å². The van der Waals surface area contributed by atoms with Crippen molar-refractivity contribution in [1.82, 2.24) is 0 Å². The van der Waals surface area contributed by atoms with E-state index in [1.165, 1.54) is 0 Å². The Hall–Kier alpha value is -1.07. The summed E-state index contributed by atoms with van der Waals surface area (Å²) in [5.74, 6) is -3.04. The molecule has 2 bridgehead atoms. The molecule has 1 aromatic carbocycles. The Morgan fingerprint density at radius 3 is 2.06 bits per heavy atom. The molecule has 5 heteroatoms. The smallest absolute Gasteiger partial charge is 0.135 e. The molecule has 2 nitrogen and oxygen atoms in total. The predicted molar refractivity (Wildman–Crippen MR) is 57.3 cm³/mol. The first-order valence-corrected chi connectivity index (χ1v) is 6.01. The second kappa shape index (κ2) is 3.96. The SMILES string of the molecule is OC1(c2c(F)cc(F)cc2F)CC2CCC(C1)O2. The molecule has 0 amide bonds. The molecular weight excluding hydrogens is 245 g/mol. The minimum absolute atomic E-state index is 0.156. The summed E-state index contributed by atoms with van der Waals surface area (Å²) < 4.78 is 45.9. The van der Waals surface area contributed by atoms with Crippen LogP contribution in [0.3, 0.4) is 0 Å². The first kappa shape index (κ1) is 12.0. The average Bonchev–Trinajstić information content (AvgIpc) is 2.56. The van der Waals surface area contributed by atoms with Gasteiger partial charge in [-0.1, -0.05) is 0 Å². The van der Waals surface area contributed by atoms with E-state index in [1.54, 1.807) is 0 Å². The number of ether oxygens (including phenoxy) is 1. The Morgan fingerprint density at radius 2 is 1.56 bits per heavy atom. The molecule has 98 valence electrons. The lowest BCUT2D eigenvalue weighted by Gasteiger charge is -2.37. The number of halogens is 3. The summed E-state index contributed by atoms with van der Waals surface area (Å²) in [4.78, 5) is 0. The molecular formula is C13H13F3O2. The molecule has 2 fully saturated rings. The van der Waals surface area contributed by atoms with Gasteiger partial charge in [-0.3, -0.25) is 0 Å². The van der Waals surface area contributed by atoms with Crippen molar-refractivity contribution in [1.29, 1.82) is 0 Å². The summed E-state index contributed by atoms with van der Waals surface area (Å²) >= 11 is 0. The van der Waals surface area contributed by atoms with Gasteiger partial charge in [-0.15, -0.1) is 0 Å². The van der Waals surface area contributed by atoms with E-state index in [9.17, 15) is 18.3 Å². The Labute approximate surface area is 102 Å². The highest BCUT2D eigenvalue weighted by Crippen LogP contribution is 2.45. The molecule has 0 saturated carbocycles. The predicted octanol–water partition coefficient (Wildman–Crippen LogP) is 2.63. The van der Waals surface area contributed by atoms with E-state index < -0.39 is 28.6 Å².